The van der Waals surface area contributed by atoms with Gasteiger partial charge in [-0.2, -0.15) is 0 Å². The second kappa shape index (κ2) is 4.79. The largest absolute Gasteiger partial charge is 0.387 e. The molecule has 0 spiro atoms. The summed E-state index contributed by atoms with van der Waals surface area (Å²) in [5.74, 6) is 1.45. The second-order valence-electron chi connectivity index (χ2n) is 4.79. The van der Waals surface area contributed by atoms with E-state index in [2.05, 4.69) is 19.9 Å². The van der Waals surface area contributed by atoms with Crippen LogP contribution in [0.2, 0.25) is 0 Å². The number of nitrogens with zero attached hydrogens (tertiary/aromatic N) is 4. The van der Waals surface area contributed by atoms with E-state index < -0.39 is 0 Å². The Morgan fingerprint density at radius 1 is 1.21 bits per heavy atom. The molecular weight excluding hydrogens is 240 g/mol. The Morgan fingerprint density at radius 3 is 2.68 bits per heavy atom. The summed E-state index contributed by atoms with van der Waals surface area (Å²) < 4.78 is 0. The van der Waals surface area contributed by atoms with Crippen molar-refractivity contribution in [1.82, 2.24) is 15.0 Å². The van der Waals surface area contributed by atoms with Gasteiger partial charge in [-0.1, -0.05) is 0 Å². The fraction of sp³-hybridized carbons (Fsp3) is 0.385. The number of nitrogens with two attached hydrogens (primary N) is 1. The number of anilines is 1. The Balaban J connectivity index is 1.80. The molecule has 3 N–H and O–H groups in total. The van der Waals surface area contributed by atoms with Crippen LogP contribution in [0.3, 0.4) is 0 Å². The lowest BCUT2D eigenvalue weighted by Crippen LogP contribution is -2.38. The van der Waals surface area contributed by atoms with Crippen LogP contribution in [0, 0.1) is 11.3 Å². The molecule has 1 saturated heterocycles. The van der Waals surface area contributed by atoms with Crippen molar-refractivity contribution in [2.75, 3.05) is 18.0 Å². The highest BCUT2D eigenvalue weighted by Crippen LogP contribution is 2.22. The van der Waals surface area contributed by atoms with Crippen LogP contribution >= 0.6 is 0 Å². The minimum absolute atomic E-state index is 0.219. The number of fused-ring (bicyclic) bond motifs is 1. The minimum Gasteiger partial charge on any atom is -0.387 e. The van der Waals surface area contributed by atoms with E-state index in [1.54, 1.807) is 12.4 Å². The molecule has 19 heavy (non-hydrogen) atoms. The number of aromatic nitrogens is 3. The van der Waals surface area contributed by atoms with Crippen LogP contribution in [0.4, 0.5) is 5.82 Å². The van der Waals surface area contributed by atoms with Gasteiger partial charge in [0.15, 0.2) is 5.65 Å². The molecule has 0 amide bonds. The molecule has 0 atom stereocenters. The zero-order valence-corrected chi connectivity index (χ0v) is 10.6. The molecule has 6 heteroatoms. The number of hydrogen-bond acceptors (Lipinski definition) is 5. The van der Waals surface area contributed by atoms with Crippen LogP contribution in [-0.2, 0) is 0 Å². The topological polar surface area (TPSA) is 91.8 Å². The molecular formula is C13H16N6. The van der Waals surface area contributed by atoms with E-state index in [1.807, 2.05) is 12.1 Å². The number of pyridine rings is 1. The maximum Gasteiger partial charge on any atom is 0.180 e. The normalized spacial score (nSPS) is 16.7. The van der Waals surface area contributed by atoms with Gasteiger partial charge in [-0.3, -0.25) is 10.4 Å². The van der Waals surface area contributed by atoms with Gasteiger partial charge in [0.2, 0.25) is 0 Å². The molecule has 0 unspecified atom stereocenters. The van der Waals surface area contributed by atoms with Crippen molar-refractivity contribution in [1.29, 1.82) is 5.41 Å². The fourth-order valence-corrected chi connectivity index (χ4v) is 2.44. The predicted octanol–water partition coefficient (Wildman–Crippen LogP) is 1.18. The third-order valence-corrected chi connectivity index (χ3v) is 3.58. The monoisotopic (exact) mass is 256 g/mol. The lowest BCUT2D eigenvalue weighted by Gasteiger charge is -2.32. The van der Waals surface area contributed by atoms with Crippen molar-refractivity contribution in [3.8, 4) is 0 Å². The smallest absolute Gasteiger partial charge is 0.180 e. The van der Waals surface area contributed by atoms with E-state index in [4.69, 9.17) is 11.1 Å². The lowest BCUT2D eigenvalue weighted by atomic mass is 9.96. The van der Waals surface area contributed by atoms with Gasteiger partial charge in [0.05, 0.1) is 5.84 Å². The summed E-state index contributed by atoms with van der Waals surface area (Å²) in [6, 6.07) is 3.92. The Labute approximate surface area is 111 Å². The van der Waals surface area contributed by atoms with E-state index in [-0.39, 0.29) is 5.92 Å². The number of hydrogen-bond donors (Lipinski definition) is 2. The molecule has 1 fully saturated rings. The van der Waals surface area contributed by atoms with Crippen molar-refractivity contribution in [3.63, 3.8) is 0 Å². The first kappa shape index (κ1) is 11.8. The molecule has 0 saturated carbocycles. The molecule has 98 valence electrons. The Morgan fingerprint density at radius 2 is 1.95 bits per heavy atom. The van der Waals surface area contributed by atoms with Crippen molar-refractivity contribution in [3.05, 3.63) is 24.5 Å². The van der Waals surface area contributed by atoms with E-state index in [0.717, 1.165) is 37.3 Å². The molecule has 3 heterocycles. The zero-order valence-electron chi connectivity index (χ0n) is 10.6. The average Bonchev–Trinajstić information content (AvgIpc) is 2.47. The van der Waals surface area contributed by atoms with Crippen LogP contribution in [-0.4, -0.2) is 33.9 Å². The van der Waals surface area contributed by atoms with Crippen LogP contribution < -0.4 is 10.6 Å². The molecule has 1 aliphatic heterocycles. The summed E-state index contributed by atoms with van der Waals surface area (Å²) in [4.78, 5) is 15.2. The SMILES string of the molecule is N=C(N)C1CCN(c2ccc3nccnc3n2)CC1. The minimum atomic E-state index is 0.219. The van der Waals surface area contributed by atoms with Crippen molar-refractivity contribution in [2.45, 2.75) is 12.8 Å². The van der Waals surface area contributed by atoms with Crippen LogP contribution in [0.15, 0.2) is 24.5 Å². The van der Waals surface area contributed by atoms with Gasteiger partial charge in [0, 0.05) is 31.4 Å². The molecule has 0 radical (unpaired) electrons. The van der Waals surface area contributed by atoms with Gasteiger partial charge in [0.25, 0.3) is 0 Å². The van der Waals surface area contributed by atoms with E-state index in [1.165, 1.54) is 0 Å². The number of nitrogens with one attached hydrogen (secondary N) is 1. The third kappa shape index (κ3) is 2.33. The first-order valence-corrected chi connectivity index (χ1v) is 6.40. The first-order valence-electron chi connectivity index (χ1n) is 6.40. The van der Waals surface area contributed by atoms with Gasteiger partial charge < -0.3 is 10.6 Å². The van der Waals surface area contributed by atoms with Gasteiger partial charge in [-0.25, -0.2) is 9.97 Å². The van der Waals surface area contributed by atoms with Crippen molar-refractivity contribution in [2.24, 2.45) is 11.7 Å². The summed E-state index contributed by atoms with van der Waals surface area (Å²) in [6.07, 6.45) is 5.15. The molecule has 2 aromatic heterocycles. The Kier molecular flexibility index (Phi) is 2.98. The van der Waals surface area contributed by atoms with Gasteiger partial charge in [-0.15, -0.1) is 0 Å². The maximum atomic E-state index is 7.49. The summed E-state index contributed by atoms with van der Waals surface area (Å²) >= 11 is 0. The van der Waals surface area contributed by atoms with Crippen molar-refractivity contribution >= 4 is 22.8 Å². The highest BCUT2D eigenvalue weighted by molar-refractivity contribution is 5.80. The highest BCUT2D eigenvalue weighted by atomic mass is 15.2. The van der Waals surface area contributed by atoms with Crippen LogP contribution in [0.5, 0.6) is 0 Å². The summed E-state index contributed by atoms with van der Waals surface area (Å²) in [5, 5.41) is 7.49. The zero-order chi connectivity index (χ0) is 13.2. The lowest BCUT2D eigenvalue weighted by molar-refractivity contribution is 0.495. The number of amidine groups is 1. The predicted molar refractivity (Wildman–Crippen MR) is 74.2 cm³/mol. The molecule has 0 aliphatic carbocycles. The van der Waals surface area contributed by atoms with E-state index in [0.29, 0.717) is 11.5 Å². The number of rotatable bonds is 2. The summed E-state index contributed by atoms with van der Waals surface area (Å²) in [7, 11) is 0. The Hall–Kier alpha value is -2.24. The molecule has 3 rings (SSSR count). The number of piperidine rings is 1. The summed E-state index contributed by atoms with van der Waals surface area (Å²) in [5.41, 5.74) is 7.04. The van der Waals surface area contributed by atoms with E-state index in [9.17, 15) is 0 Å². The first-order chi connectivity index (χ1) is 9.24. The molecule has 2 aromatic rings. The van der Waals surface area contributed by atoms with E-state index >= 15 is 0 Å². The van der Waals surface area contributed by atoms with Crippen LogP contribution in [0.1, 0.15) is 12.8 Å². The standard InChI is InChI=1S/C13H16N6/c14-12(15)9-3-7-19(8-4-9)11-2-1-10-13(18-11)17-6-5-16-10/h1-2,5-6,9H,3-4,7-8H2,(H3,14,15). The highest BCUT2D eigenvalue weighted by Gasteiger charge is 2.22. The van der Waals surface area contributed by atoms with Gasteiger partial charge in [-0.05, 0) is 25.0 Å². The van der Waals surface area contributed by atoms with Gasteiger partial charge >= 0.3 is 0 Å². The molecule has 0 aromatic carbocycles. The molecule has 6 nitrogen and oxygen atoms in total. The maximum absolute atomic E-state index is 7.49. The molecule has 0 bridgehead atoms. The summed E-state index contributed by atoms with van der Waals surface area (Å²) in [6.45, 7) is 1.76. The average molecular weight is 256 g/mol. The van der Waals surface area contributed by atoms with Gasteiger partial charge in [0.1, 0.15) is 11.3 Å². The quantitative estimate of drug-likeness (QED) is 0.621. The van der Waals surface area contributed by atoms with Crippen LogP contribution in [0.25, 0.3) is 11.2 Å². The third-order valence-electron chi connectivity index (χ3n) is 3.58. The second-order valence-corrected chi connectivity index (χ2v) is 4.79. The Bertz CT molecular complexity index is 603. The molecule has 1 aliphatic rings. The van der Waals surface area contributed by atoms with Crippen molar-refractivity contribution < 1.29 is 0 Å². The fourth-order valence-electron chi connectivity index (χ4n) is 2.44.